The van der Waals surface area contributed by atoms with E-state index in [0.29, 0.717) is 69.7 Å². The van der Waals surface area contributed by atoms with Crippen molar-refractivity contribution in [3.8, 4) is 34.1 Å². The molecule has 11 nitrogen and oxygen atoms in total. The first-order chi connectivity index (χ1) is 32.3. The predicted octanol–water partition coefficient (Wildman–Crippen LogP) is 13.0. The summed E-state index contributed by atoms with van der Waals surface area (Å²) in [6.45, 7) is 4.80. The molecule has 2 aliphatic carbocycles. The number of nitrogens with zero attached hydrogens (tertiary/aromatic N) is 6. The van der Waals surface area contributed by atoms with E-state index >= 15 is 0 Å². The Kier molecular flexibility index (Phi) is 13.8. The fraction of sp³-hybridized carbons (Fsp3) is 0.347. The van der Waals surface area contributed by atoms with E-state index in [9.17, 15) is 40.3 Å². The molecule has 2 aliphatic rings. The van der Waals surface area contributed by atoms with Crippen LogP contribution in [0.5, 0.6) is 11.6 Å². The number of halogens is 8. The Balaban J connectivity index is 0.000000189. The van der Waals surface area contributed by atoms with Crippen molar-refractivity contribution in [2.45, 2.75) is 84.5 Å². The number of ether oxygens (including phenoxy) is 1. The van der Waals surface area contributed by atoms with Crippen molar-refractivity contribution in [2.75, 3.05) is 23.7 Å². The molecule has 0 atom stereocenters. The van der Waals surface area contributed by atoms with E-state index in [1.807, 2.05) is 38.1 Å². The van der Waals surface area contributed by atoms with Gasteiger partial charge in [-0.25, -0.2) is 23.4 Å². The quantitative estimate of drug-likeness (QED) is 0.0719. The van der Waals surface area contributed by atoms with Gasteiger partial charge in [0.15, 0.2) is 28.0 Å². The molecule has 0 radical (unpaired) electrons. The minimum Gasteiger partial charge on any atom is -0.437 e. The van der Waals surface area contributed by atoms with Crippen LogP contribution in [0.1, 0.15) is 88.8 Å². The number of carbonyl (C=O) groups is 2. The van der Waals surface area contributed by atoms with E-state index in [4.69, 9.17) is 16.3 Å². The summed E-state index contributed by atoms with van der Waals surface area (Å²) in [4.78, 5) is 33.8. The number of alkyl halides is 6. The van der Waals surface area contributed by atoms with Gasteiger partial charge in [-0.15, -0.1) is 5.10 Å². The van der Waals surface area contributed by atoms with Gasteiger partial charge in [-0.3, -0.25) is 9.59 Å². The van der Waals surface area contributed by atoms with Crippen LogP contribution in [0.15, 0.2) is 79.1 Å². The SMILES string of the molecule is Cc1cc(-c2cnc3c(NCCC(F)(F)F)cc(Cl)nn23)ccc1C(=O)CC1CC1.Cc1cc(F)cc(Oc2cc(NCCC(F)(F)F)c3ncc(-c4ccc(C(=O)CC5CC5)c(C)c4)n3n2)c1. The van der Waals surface area contributed by atoms with Crippen molar-refractivity contribution in [1.29, 1.82) is 0 Å². The van der Waals surface area contributed by atoms with Gasteiger partial charge in [0.05, 0.1) is 48.0 Å². The molecule has 356 valence electrons. The van der Waals surface area contributed by atoms with Crippen LogP contribution in [0.2, 0.25) is 5.15 Å². The van der Waals surface area contributed by atoms with Gasteiger partial charge in [0.2, 0.25) is 5.88 Å². The van der Waals surface area contributed by atoms with Gasteiger partial charge < -0.3 is 15.4 Å². The van der Waals surface area contributed by atoms with E-state index in [1.54, 1.807) is 37.5 Å². The molecule has 2 saturated carbocycles. The molecule has 2 fully saturated rings. The maximum absolute atomic E-state index is 13.9. The number of benzene rings is 3. The number of ketones is 2. The number of fused-ring (bicyclic) bond motifs is 2. The lowest BCUT2D eigenvalue weighted by atomic mass is 9.98. The first-order valence-corrected chi connectivity index (χ1v) is 22.4. The van der Waals surface area contributed by atoms with Crippen LogP contribution >= 0.6 is 11.6 Å². The van der Waals surface area contributed by atoms with Crippen molar-refractivity contribution in [3.05, 3.63) is 118 Å². The van der Waals surface area contributed by atoms with Crippen molar-refractivity contribution >= 4 is 45.8 Å². The second-order valence-electron chi connectivity index (χ2n) is 17.4. The molecule has 68 heavy (non-hydrogen) atoms. The summed E-state index contributed by atoms with van der Waals surface area (Å²) >= 11 is 6.09. The Morgan fingerprint density at radius 3 is 1.62 bits per heavy atom. The smallest absolute Gasteiger partial charge is 0.390 e. The van der Waals surface area contributed by atoms with E-state index in [1.165, 1.54) is 33.3 Å². The molecule has 0 unspecified atom stereocenters. The highest BCUT2D eigenvalue weighted by Gasteiger charge is 2.29. The molecule has 19 heteroatoms. The lowest BCUT2D eigenvalue weighted by molar-refractivity contribution is -0.132. The van der Waals surface area contributed by atoms with Crippen LogP contribution in [0, 0.1) is 38.4 Å². The standard InChI is InChI=1S/C28H26F4N4O2.C21H20ClF3N4O/c1-16-9-20(29)13-21(10-16)38-26-14-23(33-8-7-28(30,31)32)27-34-15-24(36(27)35-26)19-5-6-22(17(2)11-19)25(37)12-18-3-4-18;1-12-8-14(4-5-15(12)18(30)9-13-2-3-13)17-11-27-20-16(10-19(22)28-29(17)20)26-7-6-21(23,24)25/h5-6,9-11,13-15,18,33H,3-4,7-8,12H2,1-2H3;4-5,8,10-11,13,26H,2-3,6-7,9H2,1H3. The molecule has 0 aliphatic heterocycles. The number of aryl methyl sites for hydroxylation is 3. The number of nitrogens with one attached hydrogen (secondary N) is 2. The van der Waals surface area contributed by atoms with E-state index in [-0.39, 0.29) is 47.1 Å². The lowest BCUT2D eigenvalue weighted by Crippen LogP contribution is -2.15. The van der Waals surface area contributed by atoms with Gasteiger partial charge in [-0.05, 0) is 99.2 Å². The molecular weight excluding hydrogens is 917 g/mol. The minimum atomic E-state index is -4.33. The Morgan fingerprint density at radius 2 is 1.16 bits per heavy atom. The summed E-state index contributed by atoms with van der Waals surface area (Å²) in [7, 11) is 0. The summed E-state index contributed by atoms with van der Waals surface area (Å²) in [6.07, 6.45) is -1.88. The molecule has 7 aromatic rings. The predicted molar refractivity (Wildman–Crippen MR) is 244 cm³/mol. The molecule has 0 bridgehead atoms. The molecule has 4 heterocycles. The average Bonchev–Trinajstić information content (AvgIpc) is 4.16. The average molecular weight is 963 g/mol. The van der Waals surface area contributed by atoms with Gasteiger partial charge in [0, 0.05) is 66.4 Å². The van der Waals surface area contributed by atoms with E-state index < -0.39 is 31.0 Å². The fourth-order valence-corrected chi connectivity index (χ4v) is 7.99. The second-order valence-corrected chi connectivity index (χ2v) is 17.8. The molecule has 0 saturated heterocycles. The Hall–Kier alpha value is -6.56. The zero-order valence-corrected chi connectivity index (χ0v) is 37.9. The summed E-state index contributed by atoms with van der Waals surface area (Å²) < 4.78 is 98.4. The summed E-state index contributed by atoms with van der Waals surface area (Å²) in [5.74, 6) is 1.02. The lowest BCUT2D eigenvalue weighted by Gasteiger charge is -2.13. The molecule has 0 spiro atoms. The van der Waals surface area contributed by atoms with Crippen molar-refractivity contribution in [3.63, 3.8) is 0 Å². The molecule has 9 rings (SSSR count). The third-order valence-corrected chi connectivity index (χ3v) is 11.7. The van der Waals surface area contributed by atoms with Crippen LogP contribution < -0.4 is 15.4 Å². The molecule has 0 amide bonds. The highest BCUT2D eigenvalue weighted by molar-refractivity contribution is 6.29. The molecular formula is C49H46ClF7N8O3. The monoisotopic (exact) mass is 962 g/mol. The Labute approximate surface area is 391 Å². The van der Waals surface area contributed by atoms with Crippen molar-refractivity contribution < 1.29 is 45.1 Å². The van der Waals surface area contributed by atoms with Crippen LogP contribution in [0.3, 0.4) is 0 Å². The van der Waals surface area contributed by atoms with Crippen LogP contribution in [0.25, 0.3) is 33.8 Å². The zero-order chi connectivity index (χ0) is 48.5. The van der Waals surface area contributed by atoms with Crippen LogP contribution in [-0.4, -0.2) is 66.2 Å². The fourth-order valence-electron chi connectivity index (χ4n) is 7.81. The minimum absolute atomic E-state index is 0.0456. The van der Waals surface area contributed by atoms with Gasteiger partial charge in [0.25, 0.3) is 0 Å². The number of hydrogen-bond donors (Lipinski definition) is 2. The number of imidazole rings is 2. The largest absolute Gasteiger partial charge is 0.437 e. The van der Waals surface area contributed by atoms with Crippen LogP contribution in [0.4, 0.5) is 42.1 Å². The number of rotatable bonds is 16. The summed E-state index contributed by atoms with van der Waals surface area (Å²) in [5.41, 5.74) is 7.74. The molecule has 3 aromatic carbocycles. The number of carbonyl (C=O) groups excluding carboxylic acids is 2. The third kappa shape index (κ3) is 12.1. The third-order valence-electron chi connectivity index (χ3n) is 11.6. The van der Waals surface area contributed by atoms with Crippen molar-refractivity contribution in [2.24, 2.45) is 11.8 Å². The van der Waals surface area contributed by atoms with Gasteiger partial charge in [-0.2, -0.15) is 31.4 Å². The van der Waals surface area contributed by atoms with E-state index in [2.05, 4.69) is 30.8 Å². The van der Waals surface area contributed by atoms with Gasteiger partial charge in [0.1, 0.15) is 11.6 Å². The van der Waals surface area contributed by atoms with Gasteiger partial charge >= 0.3 is 12.4 Å². The van der Waals surface area contributed by atoms with E-state index in [0.717, 1.165) is 47.9 Å². The second kappa shape index (κ2) is 19.6. The van der Waals surface area contributed by atoms with Crippen LogP contribution in [-0.2, 0) is 0 Å². The van der Waals surface area contributed by atoms with Gasteiger partial charge in [-0.1, -0.05) is 35.9 Å². The first kappa shape index (κ1) is 47.9. The maximum Gasteiger partial charge on any atom is 0.390 e. The number of Topliss-reactive ketones (excluding diaryl/α,β-unsaturated/α-hetero) is 2. The van der Waals surface area contributed by atoms with Crippen molar-refractivity contribution in [1.82, 2.24) is 29.2 Å². The molecule has 4 aromatic heterocycles. The summed E-state index contributed by atoms with van der Waals surface area (Å²) in [6, 6.07) is 18.1. The number of anilines is 2. The Bertz CT molecular complexity index is 2990. The Morgan fingerprint density at radius 1 is 0.676 bits per heavy atom. The first-order valence-electron chi connectivity index (χ1n) is 22.0. The topological polar surface area (TPSA) is 128 Å². The zero-order valence-electron chi connectivity index (χ0n) is 37.2. The normalized spacial score (nSPS) is 13.9. The highest BCUT2D eigenvalue weighted by Crippen LogP contribution is 2.37. The molecule has 2 N–H and O–H groups in total. The maximum atomic E-state index is 13.9. The number of hydrogen-bond acceptors (Lipinski definition) is 9. The summed E-state index contributed by atoms with van der Waals surface area (Å²) in [5, 5.41) is 14.4. The highest BCUT2D eigenvalue weighted by atomic mass is 35.5. The number of aromatic nitrogens is 6.